The average Bonchev–Trinajstić information content (AvgIpc) is 2.33. The molecule has 0 saturated carbocycles. The number of carbonyl (C=O) groups is 2. The highest BCUT2D eigenvalue weighted by atomic mass is 79.9. The largest absolute Gasteiger partial charge is 0.480 e. The van der Waals surface area contributed by atoms with Crippen LogP contribution in [0.3, 0.4) is 0 Å². The predicted octanol–water partition coefficient (Wildman–Crippen LogP) is 3.10. The number of aliphatic carboxylic acids is 1. The van der Waals surface area contributed by atoms with Crippen molar-refractivity contribution in [3.63, 3.8) is 0 Å². The van der Waals surface area contributed by atoms with Gasteiger partial charge in [0.1, 0.15) is 11.9 Å². The molecule has 1 aromatic carbocycles. The highest BCUT2D eigenvalue weighted by Gasteiger charge is 2.20. The maximum atomic E-state index is 13.5. The van der Waals surface area contributed by atoms with E-state index in [1.807, 2.05) is 0 Å². The molecule has 0 spiro atoms. The fourth-order valence-electron chi connectivity index (χ4n) is 1.52. The third kappa shape index (κ3) is 4.44. The zero-order valence-corrected chi connectivity index (χ0v) is 12.1. The normalized spacial score (nSPS) is 11.8. The summed E-state index contributed by atoms with van der Waals surface area (Å²) in [6.45, 7) is 1.77. The van der Waals surface area contributed by atoms with Crippen molar-refractivity contribution in [3.8, 4) is 0 Å². The lowest BCUT2D eigenvalue weighted by Crippen LogP contribution is -2.43. The van der Waals surface area contributed by atoms with Gasteiger partial charge in [-0.3, -0.25) is 0 Å². The summed E-state index contributed by atoms with van der Waals surface area (Å²) < 4.78 is 26.4. The van der Waals surface area contributed by atoms with Crippen LogP contribution in [-0.4, -0.2) is 23.1 Å². The Labute approximate surface area is 122 Å². The molecule has 0 aromatic heterocycles. The van der Waals surface area contributed by atoms with Gasteiger partial charge in [-0.15, -0.1) is 0 Å². The molecule has 0 saturated heterocycles. The SMILES string of the molecule is CCC[C@@H](NC(=O)Nc1c(F)cc(F)cc1Br)C(=O)O. The summed E-state index contributed by atoms with van der Waals surface area (Å²) in [5.74, 6) is -2.94. The van der Waals surface area contributed by atoms with Gasteiger partial charge in [-0.1, -0.05) is 13.3 Å². The van der Waals surface area contributed by atoms with Crippen LogP contribution >= 0.6 is 15.9 Å². The summed E-state index contributed by atoms with van der Waals surface area (Å²) >= 11 is 2.91. The molecule has 1 aromatic rings. The molecule has 0 fully saturated rings. The molecule has 0 aliphatic carbocycles. The highest BCUT2D eigenvalue weighted by molar-refractivity contribution is 9.10. The Bertz CT molecular complexity index is 502. The Morgan fingerprint density at radius 1 is 1.40 bits per heavy atom. The Hall–Kier alpha value is -1.70. The van der Waals surface area contributed by atoms with E-state index in [1.165, 1.54) is 0 Å². The van der Waals surface area contributed by atoms with Crippen molar-refractivity contribution in [2.24, 2.45) is 0 Å². The average molecular weight is 351 g/mol. The second kappa shape index (κ2) is 7.18. The quantitative estimate of drug-likeness (QED) is 0.763. The van der Waals surface area contributed by atoms with Gasteiger partial charge in [0.2, 0.25) is 0 Å². The molecular formula is C12H13BrF2N2O3. The molecule has 3 N–H and O–H groups in total. The second-order valence-corrected chi connectivity index (χ2v) is 4.88. The van der Waals surface area contributed by atoms with E-state index < -0.39 is 29.7 Å². The Morgan fingerprint density at radius 3 is 2.55 bits per heavy atom. The van der Waals surface area contributed by atoms with Crippen LogP contribution in [-0.2, 0) is 4.79 Å². The number of carboxylic acid groups (broad SMARTS) is 1. The van der Waals surface area contributed by atoms with Crippen LogP contribution < -0.4 is 10.6 Å². The number of anilines is 1. The van der Waals surface area contributed by atoms with Gasteiger partial charge in [0.05, 0.1) is 5.69 Å². The minimum absolute atomic E-state index is 0.0208. The summed E-state index contributed by atoms with van der Waals surface area (Å²) in [5.41, 5.74) is -0.260. The standard InChI is InChI=1S/C12H13BrF2N2O3/c1-2-3-9(11(18)19)16-12(20)17-10-7(13)4-6(14)5-8(10)15/h4-5,9H,2-3H2,1H3,(H,18,19)(H2,16,17,20)/t9-/m1/s1. The van der Waals surface area contributed by atoms with Gasteiger partial charge in [0.15, 0.2) is 5.82 Å². The third-order valence-corrected chi connectivity index (χ3v) is 3.05. The fraction of sp³-hybridized carbons (Fsp3) is 0.333. The topological polar surface area (TPSA) is 78.4 Å². The van der Waals surface area contributed by atoms with E-state index in [4.69, 9.17) is 5.11 Å². The number of benzene rings is 1. The summed E-state index contributed by atoms with van der Waals surface area (Å²) in [5, 5.41) is 13.2. The summed E-state index contributed by atoms with van der Waals surface area (Å²) in [4.78, 5) is 22.5. The molecule has 1 atom stereocenters. The molecule has 0 unspecified atom stereocenters. The van der Waals surface area contributed by atoms with Gasteiger partial charge < -0.3 is 15.7 Å². The van der Waals surface area contributed by atoms with Crippen LogP contribution in [0, 0.1) is 11.6 Å². The van der Waals surface area contributed by atoms with E-state index in [0.717, 1.165) is 6.07 Å². The van der Waals surface area contributed by atoms with Crippen molar-refractivity contribution in [3.05, 3.63) is 28.2 Å². The van der Waals surface area contributed by atoms with Crippen LogP contribution in [0.25, 0.3) is 0 Å². The van der Waals surface area contributed by atoms with Crippen molar-refractivity contribution in [2.45, 2.75) is 25.8 Å². The summed E-state index contributed by atoms with van der Waals surface area (Å²) in [7, 11) is 0. The molecule has 2 amide bonds. The van der Waals surface area contributed by atoms with Crippen LogP contribution in [0.2, 0.25) is 0 Å². The first-order valence-corrected chi connectivity index (χ1v) is 6.59. The summed E-state index contributed by atoms with van der Waals surface area (Å²) in [6.07, 6.45) is 0.807. The van der Waals surface area contributed by atoms with E-state index in [9.17, 15) is 18.4 Å². The minimum atomic E-state index is -1.18. The number of carbonyl (C=O) groups excluding carboxylic acids is 1. The predicted molar refractivity (Wildman–Crippen MR) is 72.5 cm³/mol. The lowest BCUT2D eigenvalue weighted by Gasteiger charge is -2.15. The number of halogens is 3. The Balaban J connectivity index is 2.78. The van der Waals surface area contributed by atoms with Crippen molar-refractivity contribution in [2.75, 3.05) is 5.32 Å². The first kappa shape index (κ1) is 16.4. The molecule has 0 radical (unpaired) electrons. The highest BCUT2D eigenvalue weighted by Crippen LogP contribution is 2.26. The van der Waals surface area contributed by atoms with E-state index in [2.05, 4.69) is 26.6 Å². The van der Waals surface area contributed by atoms with Crippen molar-refractivity contribution < 1.29 is 23.5 Å². The van der Waals surface area contributed by atoms with E-state index in [1.54, 1.807) is 6.92 Å². The molecule has 5 nitrogen and oxygen atoms in total. The fourth-order valence-corrected chi connectivity index (χ4v) is 2.02. The van der Waals surface area contributed by atoms with E-state index >= 15 is 0 Å². The maximum Gasteiger partial charge on any atom is 0.326 e. The minimum Gasteiger partial charge on any atom is -0.480 e. The van der Waals surface area contributed by atoms with Gasteiger partial charge in [-0.05, 0) is 28.4 Å². The van der Waals surface area contributed by atoms with Crippen LogP contribution in [0.5, 0.6) is 0 Å². The van der Waals surface area contributed by atoms with Crippen molar-refractivity contribution in [1.82, 2.24) is 5.32 Å². The Morgan fingerprint density at radius 2 is 2.05 bits per heavy atom. The molecule has 0 aliphatic rings. The van der Waals surface area contributed by atoms with Gasteiger partial charge >= 0.3 is 12.0 Å². The zero-order chi connectivity index (χ0) is 15.3. The lowest BCUT2D eigenvalue weighted by atomic mass is 10.2. The third-order valence-electron chi connectivity index (χ3n) is 2.43. The zero-order valence-electron chi connectivity index (χ0n) is 10.5. The van der Waals surface area contributed by atoms with Crippen molar-refractivity contribution in [1.29, 1.82) is 0 Å². The van der Waals surface area contributed by atoms with Gasteiger partial charge in [0.25, 0.3) is 0 Å². The molecule has 0 heterocycles. The number of carboxylic acids is 1. The van der Waals surface area contributed by atoms with Gasteiger partial charge in [0, 0.05) is 10.5 Å². The molecule has 0 aliphatic heterocycles. The van der Waals surface area contributed by atoms with Crippen LogP contribution in [0.4, 0.5) is 19.3 Å². The van der Waals surface area contributed by atoms with Gasteiger partial charge in [-0.25, -0.2) is 18.4 Å². The molecular weight excluding hydrogens is 338 g/mol. The van der Waals surface area contributed by atoms with E-state index in [0.29, 0.717) is 12.5 Å². The molecule has 0 bridgehead atoms. The smallest absolute Gasteiger partial charge is 0.326 e. The monoisotopic (exact) mass is 350 g/mol. The number of amides is 2. The lowest BCUT2D eigenvalue weighted by molar-refractivity contribution is -0.139. The molecule has 110 valence electrons. The number of hydrogen-bond donors (Lipinski definition) is 3. The maximum absolute atomic E-state index is 13.5. The van der Waals surface area contributed by atoms with Gasteiger partial charge in [-0.2, -0.15) is 0 Å². The molecule has 1 rings (SSSR count). The number of nitrogens with one attached hydrogen (secondary N) is 2. The number of urea groups is 1. The van der Waals surface area contributed by atoms with E-state index in [-0.39, 0.29) is 16.6 Å². The number of rotatable bonds is 5. The molecule has 20 heavy (non-hydrogen) atoms. The number of hydrogen-bond acceptors (Lipinski definition) is 2. The first-order chi connectivity index (χ1) is 9.35. The summed E-state index contributed by atoms with van der Waals surface area (Å²) in [6, 6.07) is -0.347. The Kier molecular flexibility index (Phi) is 5.87. The van der Waals surface area contributed by atoms with Crippen LogP contribution in [0.15, 0.2) is 16.6 Å². The second-order valence-electron chi connectivity index (χ2n) is 4.02. The molecule has 8 heteroatoms. The first-order valence-electron chi connectivity index (χ1n) is 5.80. The van der Waals surface area contributed by atoms with Crippen molar-refractivity contribution >= 4 is 33.6 Å². The van der Waals surface area contributed by atoms with Crippen LogP contribution in [0.1, 0.15) is 19.8 Å².